The van der Waals surface area contributed by atoms with Crippen molar-refractivity contribution in [2.24, 2.45) is 0 Å². The highest BCUT2D eigenvalue weighted by Gasteiger charge is 2.42. The first-order valence-corrected chi connectivity index (χ1v) is 13.0. The molecule has 1 aliphatic heterocycles. The van der Waals surface area contributed by atoms with Gasteiger partial charge in [0.1, 0.15) is 24.2 Å². The largest absolute Gasteiger partial charge is 0.493 e. The number of aromatic nitrogens is 1. The van der Waals surface area contributed by atoms with E-state index in [9.17, 15) is 14.7 Å². The zero-order valence-corrected chi connectivity index (χ0v) is 21.7. The van der Waals surface area contributed by atoms with E-state index in [1.54, 1.807) is 0 Å². The van der Waals surface area contributed by atoms with Crippen LogP contribution in [0.2, 0.25) is 0 Å². The van der Waals surface area contributed by atoms with E-state index in [0.29, 0.717) is 37.5 Å². The summed E-state index contributed by atoms with van der Waals surface area (Å²) in [6.07, 6.45) is 0.855. The van der Waals surface area contributed by atoms with Gasteiger partial charge in [-0.3, -0.25) is 4.90 Å². The second-order valence-corrected chi connectivity index (χ2v) is 9.45. The number of carbonyl (C=O) groups is 2. The molecule has 2 atom stereocenters. The van der Waals surface area contributed by atoms with Gasteiger partial charge in [0, 0.05) is 12.0 Å². The van der Waals surface area contributed by atoms with Crippen LogP contribution in [-0.4, -0.2) is 39.7 Å². The topological polar surface area (TPSA) is 102 Å². The molecule has 0 radical (unpaired) electrons. The zero-order chi connectivity index (χ0) is 27.2. The van der Waals surface area contributed by atoms with E-state index in [2.05, 4.69) is 4.98 Å². The van der Waals surface area contributed by atoms with Crippen molar-refractivity contribution in [2.45, 2.75) is 44.9 Å². The number of aryl methyl sites for hydroxylation is 1. The zero-order valence-electron chi connectivity index (χ0n) is 21.7. The van der Waals surface area contributed by atoms with Gasteiger partial charge < -0.3 is 19.0 Å². The van der Waals surface area contributed by atoms with E-state index in [4.69, 9.17) is 13.9 Å². The molecule has 200 valence electrons. The van der Waals surface area contributed by atoms with E-state index < -0.39 is 24.1 Å². The second-order valence-electron chi connectivity index (χ2n) is 9.45. The summed E-state index contributed by atoms with van der Waals surface area (Å²) in [5, 5.41) is 9.72. The molecule has 1 aliphatic rings. The fourth-order valence-electron chi connectivity index (χ4n) is 4.85. The third-order valence-corrected chi connectivity index (χ3v) is 6.87. The van der Waals surface area contributed by atoms with Crippen LogP contribution in [0.25, 0.3) is 11.5 Å². The van der Waals surface area contributed by atoms with Crippen LogP contribution >= 0.6 is 0 Å². The summed E-state index contributed by atoms with van der Waals surface area (Å²) in [7, 11) is 0. The Labute approximate surface area is 226 Å². The molecule has 4 aromatic rings. The van der Waals surface area contributed by atoms with Crippen molar-refractivity contribution >= 4 is 12.1 Å². The lowest BCUT2D eigenvalue weighted by molar-refractivity contribution is -0.142. The molecule has 1 amide bonds. The van der Waals surface area contributed by atoms with Crippen LogP contribution in [0.3, 0.4) is 0 Å². The summed E-state index contributed by atoms with van der Waals surface area (Å²) in [6, 6.07) is 25.2. The van der Waals surface area contributed by atoms with E-state index in [1.807, 2.05) is 91.9 Å². The van der Waals surface area contributed by atoms with E-state index in [1.165, 1.54) is 4.90 Å². The monoisotopic (exact) mass is 526 g/mol. The minimum atomic E-state index is -1.03. The first-order chi connectivity index (χ1) is 19.0. The summed E-state index contributed by atoms with van der Waals surface area (Å²) < 4.78 is 17.2. The van der Waals surface area contributed by atoms with E-state index in [-0.39, 0.29) is 6.61 Å². The third-order valence-electron chi connectivity index (χ3n) is 6.87. The van der Waals surface area contributed by atoms with Crippen LogP contribution in [0.5, 0.6) is 5.75 Å². The maximum Gasteiger partial charge on any atom is 0.411 e. The quantitative estimate of drug-likeness (QED) is 0.277. The average Bonchev–Trinajstić information content (AvgIpc) is 3.57. The van der Waals surface area contributed by atoms with Crippen LogP contribution in [0.4, 0.5) is 4.79 Å². The Kier molecular flexibility index (Phi) is 7.91. The van der Waals surface area contributed by atoms with Gasteiger partial charge in [-0.1, -0.05) is 60.7 Å². The number of carboxylic acids is 1. The van der Waals surface area contributed by atoms with Crippen LogP contribution in [0, 0.1) is 6.92 Å². The lowest BCUT2D eigenvalue weighted by Crippen LogP contribution is -2.42. The van der Waals surface area contributed by atoms with Gasteiger partial charge in [-0.2, -0.15) is 0 Å². The maximum absolute atomic E-state index is 13.0. The first-order valence-electron chi connectivity index (χ1n) is 13.0. The predicted molar refractivity (Wildman–Crippen MR) is 144 cm³/mol. The van der Waals surface area contributed by atoms with Gasteiger partial charge in [-0.15, -0.1) is 0 Å². The van der Waals surface area contributed by atoms with Crippen molar-refractivity contribution in [1.29, 1.82) is 0 Å². The third kappa shape index (κ3) is 6.12. The van der Waals surface area contributed by atoms with Crippen molar-refractivity contribution in [3.05, 3.63) is 108 Å². The Bertz CT molecular complexity index is 1400. The summed E-state index contributed by atoms with van der Waals surface area (Å²) in [5.74, 6) is 0.999. The highest BCUT2D eigenvalue weighted by molar-refractivity contribution is 5.81. The smallest absolute Gasteiger partial charge is 0.411 e. The number of oxazole rings is 1. The number of hydrogen-bond acceptors (Lipinski definition) is 6. The Hall–Kier alpha value is -4.59. The summed E-state index contributed by atoms with van der Waals surface area (Å²) >= 11 is 0. The number of hydrogen-bond donors (Lipinski definition) is 1. The number of ether oxygens (including phenoxy) is 2. The van der Waals surface area contributed by atoms with Crippen molar-refractivity contribution in [1.82, 2.24) is 9.88 Å². The standard InChI is InChI=1S/C31H30N2O6/c1-21-26(32-29(39-21)24-10-6-3-7-11-24)18-19-37-25-14-12-23(13-15-25)27-16-17-28(30(34)35)33(27)31(36)38-20-22-8-4-2-5-9-22/h2-15,27-28H,16-20H2,1H3,(H,34,35)/t27-,28-/m0/s1. The molecule has 3 aromatic carbocycles. The molecule has 0 bridgehead atoms. The Morgan fingerprint density at radius 2 is 1.67 bits per heavy atom. The molecule has 1 N–H and O–H groups in total. The first kappa shape index (κ1) is 26.0. The molecule has 2 heterocycles. The molecule has 0 aliphatic carbocycles. The lowest BCUT2D eigenvalue weighted by Gasteiger charge is -2.28. The number of likely N-dealkylation sites (tertiary alicyclic amines) is 1. The molecule has 5 rings (SSSR count). The van der Waals surface area contributed by atoms with Crippen molar-refractivity contribution < 1.29 is 28.6 Å². The number of nitrogens with zero attached hydrogens (tertiary/aromatic N) is 2. The van der Waals surface area contributed by atoms with Crippen LogP contribution in [0.15, 0.2) is 89.3 Å². The maximum atomic E-state index is 13.0. The van der Waals surface area contributed by atoms with Crippen LogP contribution in [0.1, 0.15) is 41.5 Å². The number of benzene rings is 3. The summed E-state index contributed by atoms with van der Waals surface area (Å²) in [5.41, 5.74) is 3.45. The molecule has 8 heteroatoms. The van der Waals surface area contributed by atoms with Gasteiger partial charge in [0.15, 0.2) is 0 Å². The minimum Gasteiger partial charge on any atom is -0.493 e. The number of amides is 1. The van der Waals surface area contributed by atoms with Crippen molar-refractivity contribution in [3.8, 4) is 17.2 Å². The van der Waals surface area contributed by atoms with Crippen LogP contribution < -0.4 is 4.74 Å². The molecule has 0 saturated carbocycles. The molecule has 0 unspecified atom stereocenters. The van der Waals surface area contributed by atoms with Crippen molar-refractivity contribution in [3.63, 3.8) is 0 Å². The summed E-state index contributed by atoms with van der Waals surface area (Å²) in [4.78, 5) is 30.8. The predicted octanol–water partition coefficient (Wildman–Crippen LogP) is 6.20. The molecule has 39 heavy (non-hydrogen) atoms. The van der Waals surface area contributed by atoms with Gasteiger partial charge in [0.25, 0.3) is 0 Å². The Morgan fingerprint density at radius 3 is 2.36 bits per heavy atom. The molecular weight excluding hydrogens is 496 g/mol. The lowest BCUT2D eigenvalue weighted by atomic mass is 10.0. The molecule has 0 spiro atoms. The van der Waals surface area contributed by atoms with E-state index >= 15 is 0 Å². The Morgan fingerprint density at radius 1 is 0.974 bits per heavy atom. The number of carbonyl (C=O) groups excluding carboxylic acids is 1. The summed E-state index contributed by atoms with van der Waals surface area (Å²) in [6.45, 7) is 2.40. The van der Waals surface area contributed by atoms with Crippen LogP contribution in [-0.2, 0) is 22.6 Å². The van der Waals surface area contributed by atoms with Gasteiger partial charge in [-0.05, 0) is 55.2 Å². The molecule has 8 nitrogen and oxygen atoms in total. The number of aliphatic carboxylic acids is 1. The van der Waals surface area contributed by atoms with Gasteiger partial charge >= 0.3 is 12.1 Å². The number of carboxylic acid groups (broad SMARTS) is 1. The second kappa shape index (κ2) is 11.9. The van der Waals surface area contributed by atoms with Gasteiger partial charge in [0.2, 0.25) is 5.89 Å². The fraction of sp³-hybridized carbons (Fsp3) is 0.258. The highest BCUT2D eigenvalue weighted by Crippen LogP contribution is 2.37. The number of rotatable bonds is 9. The fourth-order valence-corrected chi connectivity index (χ4v) is 4.85. The minimum absolute atomic E-state index is 0.0832. The normalized spacial score (nSPS) is 16.7. The van der Waals surface area contributed by atoms with E-state index in [0.717, 1.165) is 28.1 Å². The molecule has 1 saturated heterocycles. The molecule has 1 fully saturated rings. The molecule has 1 aromatic heterocycles. The molecular formula is C31H30N2O6. The van der Waals surface area contributed by atoms with Crippen molar-refractivity contribution in [2.75, 3.05) is 6.61 Å². The Balaban J connectivity index is 1.20. The van der Waals surface area contributed by atoms with Gasteiger partial charge in [-0.25, -0.2) is 14.6 Å². The highest BCUT2D eigenvalue weighted by atomic mass is 16.6. The average molecular weight is 527 g/mol. The SMILES string of the molecule is Cc1oc(-c2ccccc2)nc1CCOc1ccc([C@@H]2CC[C@@H](C(=O)O)N2C(=O)OCc2ccccc2)cc1. The van der Waals surface area contributed by atoms with Gasteiger partial charge in [0.05, 0.1) is 18.3 Å².